The van der Waals surface area contributed by atoms with E-state index < -0.39 is 0 Å². The van der Waals surface area contributed by atoms with Gasteiger partial charge in [-0.3, -0.25) is 9.78 Å². The summed E-state index contributed by atoms with van der Waals surface area (Å²) in [5.41, 5.74) is 5.23. The summed E-state index contributed by atoms with van der Waals surface area (Å²) >= 11 is 0. The summed E-state index contributed by atoms with van der Waals surface area (Å²) in [4.78, 5) is 21.9. The number of carbonyl (C=O) groups is 1. The van der Waals surface area contributed by atoms with Crippen LogP contribution in [0.2, 0.25) is 0 Å². The SMILES string of the molecule is CCc1ccc(-n2nnc(C(=O)N3CCN(c4ccccc4)CC3)c2-c2ccncc2)cc1. The zero-order valence-corrected chi connectivity index (χ0v) is 18.6. The summed E-state index contributed by atoms with van der Waals surface area (Å²) < 4.78 is 1.75. The molecule has 0 N–H and O–H groups in total. The van der Waals surface area contributed by atoms with E-state index in [0.29, 0.717) is 24.5 Å². The van der Waals surface area contributed by atoms with Crippen molar-refractivity contribution in [2.24, 2.45) is 0 Å². The fraction of sp³-hybridized carbons (Fsp3) is 0.231. The highest BCUT2D eigenvalue weighted by Crippen LogP contribution is 2.27. The number of aromatic nitrogens is 4. The second kappa shape index (κ2) is 9.24. The molecule has 166 valence electrons. The van der Waals surface area contributed by atoms with E-state index >= 15 is 0 Å². The molecule has 1 saturated heterocycles. The molecule has 7 heteroatoms. The van der Waals surface area contributed by atoms with Crippen molar-refractivity contribution in [3.63, 3.8) is 0 Å². The number of rotatable bonds is 5. The van der Waals surface area contributed by atoms with Crippen molar-refractivity contribution in [1.29, 1.82) is 0 Å². The summed E-state index contributed by atoms with van der Waals surface area (Å²) in [6.45, 7) is 4.98. The van der Waals surface area contributed by atoms with E-state index in [1.165, 1.54) is 11.3 Å². The van der Waals surface area contributed by atoms with Gasteiger partial charge in [-0.05, 0) is 48.4 Å². The van der Waals surface area contributed by atoms with Crippen LogP contribution in [0.25, 0.3) is 16.9 Å². The van der Waals surface area contributed by atoms with E-state index in [0.717, 1.165) is 30.8 Å². The molecule has 33 heavy (non-hydrogen) atoms. The average Bonchev–Trinajstić information content (AvgIpc) is 3.34. The minimum atomic E-state index is -0.0917. The Morgan fingerprint density at radius 1 is 0.848 bits per heavy atom. The molecule has 0 radical (unpaired) electrons. The van der Waals surface area contributed by atoms with Gasteiger partial charge in [0.15, 0.2) is 5.69 Å². The van der Waals surface area contributed by atoms with E-state index in [2.05, 4.69) is 51.4 Å². The summed E-state index contributed by atoms with van der Waals surface area (Å²) in [5.74, 6) is -0.0917. The molecule has 2 aromatic heterocycles. The molecule has 0 bridgehead atoms. The topological polar surface area (TPSA) is 67.2 Å². The molecule has 5 rings (SSSR count). The van der Waals surface area contributed by atoms with Crippen molar-refractivity contribution in [3.8, 4) is 16.9 Å². The molecule has 1 fully saturated rings. The lowest BCUT2D eigenvalue weighted by molar-refractivity contribution is 0.0741. The Hall–Kier alpha value is -4.00. The molecule has 4 aromatic rings. The van der Waals surface area contributed by atoms with Crippen LogP contribution >= 0.6 is 0 Å². The fourth-order valence-electron chi connectivity index (χ4n) is 4.20. The summed E-state index contributed by atoms with van der Waals surface area (Å²) in [5, 5.41) is 8.74. The lowest BCUT2D eigenvalue weighted by atomic mass is 10.1. The van der Waals surface area contributed by atoms with E-state index in [1.807, 2.05) is 47.4 Å². The zero-order chi connectivity index (χ0) is 22.6. The van der Waals surface area contributed by atoms with Gasteiger partial charge in [-0.1, -0.05) is 42.5 Å². The third kappa shape index (κ3) is 4.22. The number of pyridine rings is 1. The number of piperazine rings is 1. The highest BCUT2D eigenvalue weighted by molar-refractivity contribution is 5.98. The quantitative estimate of drug-likeness (QED) is 0.473. The Bertz CT molecular complexity index is 1210. The van der Waals surface area contributed by atoms with Crippen LogP contribution in [0.1, 0.15) is 23.0 Å². The fourth-order valence-corrected chi connectivity index (χ4v) is 4.20. The van der Waals surface area contributed by atoms with Crippen molar-refractivity contribution in [3.05, 3.63) is 90.4 Å². The minimum absolute atomic E-state index is 0.0917. The number of amides is 1. The van der Waals surface area contributed by atoms with Gasteiger partial charge in [0.05, 0.1) is 5.69 Å². The second-order valence-corrected chi connectivity index (χ2v) is 8.07. The number of benzene rings is 2. The molecule has 0 spiro atoms. The number of aryl methyl sites for hydroxylation is 1. The first-order valence-electron chi connectivity index (χ1n) is 11.3. The van der Waals surface area contributed by atoms with E-state index in [-0.39, 0.29) is 5.91 Å². The molecular weight excluding hydrogens is 412 g/mol. The van der Waals surface area contributed by atoms with Gasteiger partial charge in [0.1, 0.15) is 5.69 Å². The van der Waals surface area contributed by atoms with Gasteiger partial charge in [0.25, 0.3) is 5.91 Å². The molecule has 0 aliphatic carbocycles. The molecule has 1 aliphatic heterocycles. The van der Waals surface area contributed by atoms with Gasteiger partial charge < -0.3 is 9.80 Å². The standard InChI is InChI=1S/C26H26N6O/c1-2-20-8-10-23(11-9-20)32-25(21-12-14-27-15-13-21)24(28-29-32)26(33)31-18-16-30(17-19-31)22-6-4-3-5-7-22/h3-15H,2,16-19H2,1H3. The maximum atomic E-state index is 13.6. The van der Waals surface area contributed by atoms with Gasteiger partial charge >= 0.3 is 0 Å². The largest absolute Gasteiger partial charge is 0.368 e. The van der Waals surface area contributed by atoms with Crippen LogP contribution in [-0.4, -0.2) is 57.0 Å². The first-order chi connectivity index (χ1) is 16.2. The molecule has 1 amide bonds. The summed E-state index contributed by atoms with van der Waals surface area (Å²) in [7, 11) is 0. The number of carbonyl (C=O) groups excluding carboxylic acids is 1. The number of hydrogen-bond donors (Lipinski definition) is 0. The predicted octanol–water partition coefficient (Wildman–Crippen LogP) is 3.85. The Morgan fingerprint density at radius 2 is 1.55 bits per heavy atom. The minimum Gasteiger partial charge on any atom is -0.368 e. The number of anilines is 1. The number of nitrogens with zero attached hydrogens (tertiary/aromatic N) is 6. The van der Waals surface area contributed by atoms with Gasteiger partial charge in [0, 0.05) is 49.8 Å². The average molecular weight is 439 g/mol. The molecule has 0 unspecified atom stereocenters. The van der Waals surface area contributed by atoms with Gasteiger partial charge in [0.2, 0.25) is 0 Å². The highest BCUT2D eigenvalue weighted by Gasteiger charge is 2.28. The maximum absolute atomic E-state index is 13.6. The van der Waals surface area contributed by atoms with Crippen molar-refractivity contribution in [2.45, 2.75) is 13.3 Å². The smallest absolute Gasteiger partial charge is 0.276 e. The summed E-state index contributed by atoms with van der Waals surface area (Å²) in [6.07, 6.45) is 4.41. The molecule has 2 aromatic carbocycles. The molecular formula is C26H26N6O. The van der Waals surface area contributed by atoms with Crippen molar-refractivity contribution in [2.75, 3.05) is 31.1 Å². The van der Waals surface area contributed by atoms with Crippen LogP contribution in [0.3, 0.4) is 0 Å². The van der Waals surface area contributed by atoms with Crippen molar-refractivity contribution >= 4 is 11.6 Å². The first-order valence-corrected chi connectivity index (χ1v) is 11.3. The molecule has 3 heterocycles. The van der Waals surface area contributed by atoms with Gasteiger partial charge in [-0.25, -0.2) is 4.68 Å². The van der Waals surface area contributed by atoms with Crippen LogP contribution in [-0.2, 0) is 6.42 Å². The summed E-state index contributed by atoms with van der Waals surface area (Å²) in [6, 6.07) is 22.3. The highest BCUT2D eigenvalue weighted by atomic mass is 16.2. The van der Waals surface area contributed by atoms with E-state index in [1.54, 1.807) is 17.1 Å². The normalized spacial score (nSPS) is 13.8. The van der Waals surface area contributed by atoms with Crippen LogP contribution in [0.4, 0.5) is 5.69 Å². The lowest BCUT2D eigenvalue weighted by Gasteiger charge is -2.35. The van der Waals surface area contributed by atoms with E-state index in [9.17, 15) is 4.79 Å². The van der Waals surface area contributed by atoms with Crippen LogP contribution in [0, 0.1) is 0 Å². The van der Waals surface area contributed by atoms with Crippen LogP contribution in [0.5, 0.6) is 0 Å². The molecule has 0 atom stereocenters. The van der Waals surface area contributed by atoms with Crippen molar-refractivity contribution < 1.29 is 4.79 Å². The molecule has 7 nitrogen and oxygen atoms in total. The Balaban J connectivity index is 1.44. The number of para-hydroxylation sites is 1. The van der Waals surface area contributed by atoms with Crippen molar-refractivity contribution in [1.82, 2.24) is 24.9 Å². The van der Waals surface area contributed by atoms with Gasteiger partial charge in [-0.15, -0.1) is 5.10 Å². The van der Waals surface area contributed by atoms with Gasteiger partial charge in [-0.2, -0.15) is 0 Å². The van der Waals surface area contributed by atoms with E-state index in [4.69, 9.17) is 0 Å². The molecule has 1 aliphatic rings. The Kier molecular flexibility index (Phi) is 5.85. The maximum Gasteiger partial charge on any atom is 0.276 e. The second-order valence-electron chi connectivity index (χ2n) is 8.07. The third-order valence-electron chi connectivity index (χ3n) is 6.10. The number of hydrogen-bond acceptors (Lipinski definition) is 5. The predicted molar refractivity (Wildman–Crippen MR) is 129 cm³/mol. The van der Waals surface area contributed by atoms with Crippen LogP contribution in [0.15, 0.2) is 79.1 Å². The lowest BCUT2D eigenvalue weighted by Crippen LogP contribution is -2.49. The van der Waals surface area contributed by atoms with Crippen LogP contribution < -0.4 is 4.90 Å². The Labute approximate surface area is 193 Å². The Morgan fingerprint density at radius 3 is 2.21 bits per heavy atom. The monoisotopic (exact) mass is 438 g/mol. The molecule has 0 saturated carbocycles. The first kappa shape index (κ1) is 20.9. The third-order valence-corrected chi connectivity index (χ3v) is 6.10. The zero-order valence-electron chi connectivity index (χ0n) is 18.6.